The SMILES string of the molecule is Cc1nc(C[S+](C)(=O)O)cc(N2CCOCC2)n1. The van der Waals surface area contributed by atoms with Crippen LogP contribution in [0.5, 0.6) is 0 Å². The lowest BCUT2D eigenvalue weighted by Crippen LogP contribution is -2.37. The first kappa shape index (κ1) is 13.4. The Balaban J connectivity index is 2.22. The predicted octanol–water partition coefficient (Wildman–Crippen LogP) is 0.724. The molecule has 18 heavy (non-hydrogen) atoms. The largest absolute Gasteiger partial charge is 0.378 e. The second-order valence-electron chi connectivity index (χ2n) is 4.47. The number of anilines is 1. The van der Waals surface area contributed by atoms with Crippen molar-refractivity contribution < 1.29 is 13.5 Å². The maximum Gasteiger partial charge on any atom is 0.217 e. The maximum absolute atomic E-state index is 11.4. The van der Waals surface area contributed by atoms with E-state index in [0.29, 0.717) is 24.7 Å². The van der Waals surface area contributed by atoms with Gasteiger partial charge in [-0.05, 0) is 6.92 Å². The highest BCUT2D eigenvalue weighted by Crippen LogP contribution is 2.16. The monoisotopic (exact) mass is 272 g/mol. The Bertz CT molecular complexity index is 469. The van der Waals surface area contributed by atoms with E-state index in [2.05, 4.69) is 14.9 Å². The van der Waals surface area contributed by atoms with E-state index in [4.69, 9.17) is 4.74 Å². The van der Waals surface area contributed by atoms with Crippen molar-refractivity contribution in [1.29, 1.82) is 0 Å². The van der Waals surface area contributed by atoms with E-state index in [0.717, 1.165) is 18.9 Å². The van der Waals surface area contributed by atoms with Gasteiger partial charge in [0.15, 0.2) is 5.75 Å². The molecule has 7 heteroatoms. The average Bonchev–Trinajstić information content (AvgIpc) is 2.27. The molecule has 0 radical (unpaired) electrons. The average molecular weight is 272 g/mol. The number of aryl methyl sites for hydroxylation is 1. The molecule has 1 aliphatic heterocycles. The first-order chi connectivity index (χ1) is 8.44. The van der Waals surface area contributed by atoms with Crippen LogP contribution in [-0.4, -0.2) is 47.1 Å². The highest BCUT2D eigenvalue weighted by molar-refractivity contribution is 7.96. The molecule has 1 saturated heterocycles. The zero-order valence-corrected chi connectivity index (χ0v) is 11.4. The molecule has 1 aliphatic rings. The molecule has 1 fully saturated rings. The molecule has 1 N–H and O–H groups in total. The van der Waals surface area contributed by atoms with Crippen LogP contribution >= 0.6 is 0 Å². The van der Waals surface area contributed by atoms with Crippen LogP contribution in [-0.2, 0) is 24.9 Å². The minimum Gasteiger partial charge on any atom is -0.378 e. The van der Waals surface area contributed by atoms with E-state index >= 15 is 0 Å². The molecular weight excluding hydrogens is 254 g/mol. The molecule has 1 aromatic heterocycles. The second-order valence-corrected chi connectivity index (χ2v) is 6.68. The highest BCUT2D eigenvalue weighted by Gasteiger charge is 2.21. The second kappa shape index (κ2) is 5.29. The van der Waals surface area contributed by atoms with E-state index < -0.39 is 10.2 Å². The first-order valence-corrected chi connectivity index (χ1v) is 7.90. The van der Waals surface area contributed by atoms with Crippen molar-refractivity contribution in [2.45, 2.75) is 12.7 Å². The first-order valence-electron chi connectivity index (χ1n) is 5.80. The number of hydrogen-bond donors (Lipinski definition) is 1. The van der Waals surface area contributed by atoms with Crippen LogP contribution in [0.2, 0.25) is 0 Å². The van der Waals surface area contributed by atoms with Crippen LogP contribution in [0.3, 0.4) is 0 Å². The Morgan fingerprint density at radius 2 is 2.11 bits per heavy atom. The van der Waals surface area contributed by atoms with E-state index in [1.165, 1.54) is 6.26 Å². The van der Waals surface area contributed by atoms with Gasteiger partial charge in [0.2, 0.25) is 10.2 Å². The topological polar surface area (TPSA) is 75.5 Å². The van der Waals surface area contributed by atoms with Gasteiger partial charge in [0.1, 0.15) is 17.9 Å². The van der Waals surface area contributed by atoms with Crippen molar-refractivity contribution in [1.82, 2.24) is 9.97 Å². The molecule has 0 saturated carbocycles. The lowest BCUT2D eigenvalue weighted by molar-refractivity contribution is 0.122. The summed E-state index contributed by atoms with van der Waals surface area (Å²) < 4.78 is 26.1. The van der Waals surface area contributed by atoms with Crippen molar-refractivity contribution in [2.75, 3.05) is 37.5 Å². The van der Waals surface area contributed by atoms with Gasteiger partial charge in [0, 0.05) is 19.2 Å². The predicted molar refractivity (Wildman–Crippen MR) is 70.1 cm³/mol. The number of ether oxygens (including phenoxy) is 1. The van der Waals surface area contributed by atoms with Crippen LogP contribution in [0.1, 0.15) is 11.5 Å². The van der Waals surface area contributed by atoms with Gasteiger partial charge in [-0.1, -0.05) is 4.21 Å². The summed E-state index contributed by atoms with van der Waals surface area (Å²) in [5, 5.41) is 0. The van der Waals surface area contributed by atoms with Crippen molar-refractivity contribution in [3.8, 4) is 0 Å². The quantitative estimate of drug-likeness (QED) is 0.817. The molecule has 0 aromatic carbocycles. The van der Waals surface area contributed by atoms with Gasteiger partial charge in [-0.25, -0.2) is 9.97 Å². The van der Waals surface area contributed by atoms with Crippen LogP contribution in [0.25, 0.3) is 0 Å². The van der Waals surface area contributed by atoms with Gasteiger partial charge < -0.3 is 9.64 Å². The molecule has 2 rings (SSSR count). The molecule has 2 heterocycles. The Morgan fingerprint density at radius 1 is 1.44 bits per heavy atom. The lowest BCUT2D eigenvalue weighted by Gasteiger charge is -2.28. The summed E-state index contributed by atoms with van der Waals surface area (Å²) >= 11 is 0. The maximum atomic E-state index is 11.4. The van der Waals surface area contributed by atoms with Crippen molar-refractivity contribution in [3.63, 3.8) is 0 Å². The van der Waals surface area contributed by atoms with Gasteiger partial charge in [0.05, 0.1) is 18.9 Å². The minimum atomic E-state index is -2.82. The number of morpholine rings is 1. The fraction of sp³-hybridized carbons (Fsp3) is 0.636. The van der Waals surface area contributed by atoms with E-state index in [-0.39, 0.29) is 5.75 Å². The Kier molecular flexibility index (Phi) is 3.94. The smallest absolute Gasteiger partial charge is 0.217 e. The molecule has 1 atom stereocenters. The normalized spacial score (nSPS) is 19.6. The standard InChI is InChI=1S/C11H17N3O3S/c1-9-12-10(8-18(2,15)16)7-11(13-9)14-3-5-17-6-4-14/h7H,3-6,8H2,1-2H3/p+1. The summed E-state index contributed by atoms with van der Waals surface area (Å²) in [6.07, 6.45) is 1.32. The van der Waals surface area contributed by atoms with E-state index in [1.54, 1.807) is 13.0 Å². The Labute approximate surface area is 108 Å². The molecule has 0 spiro atoms. The summed E-state index contributed by atoms with van der Waals surface area (Å²) in [5.74, 6) is 1.50. The summed E-state index contributed by atoms with van der Waals surface area (Å²) in [6, 6.07) is 1.79. The summed E-state index contributed by atoms with van der Waals surface area (Å²) in [6.45, 7) is 4.74. The fourth-order valence-corrected chi connectivity index (χ4v) is 2.61. The third kappa shape index (κ3) is 3.72. The fourth-order valence-electron chi connectivity index (χ4n) is 1.91. The van der Waals surface area contributed by atoms with Gasteiger partial charge in [-0.3, -0.25) is 0 Å². The van der Waals surface area contributed by atoms with Crippen LogP contribution in [0.4, 0.5) is 5.82 Å². The van der Waals surface area contributed by atoms with Crippen molar-refractivity contribution >= 4 is 16.0 Å². The molecule has 0 aliphatic carbocycles. The Hall–Kier alpha value is -1.05. The highest BCUT2D eigenvalue weighted by atomic mass is 32.3. The molecule has 6 nitrogen and oxygen atoms in total. The third-order valence-electron chi connectivity index (χ3n) is 2.63. The third-order valence-corrected chi connectivity index (χ3v) is 3.46. The van der Waals surface area contributed by atoms with Gasteiger partial charge >= 0.3 is 0 Å². The molecule has 0 bridgehead atoms. The van der Waals surface area contributed by atoms with Gasteiger partial charge in [0.25, 0.3) is 0 Å². The van der Waals surface area contributed by atoms with Crippen LogP contribution < -0.4 is 4.90 Å². The molecule has 100 valence electrons. The van der Waals surface area contributed by atoms with Crippen molar-refractivity contribution in [3.05, 3.63) is 17.6 Å². The van der Waals surface area contributed by atoms with E-state index in [9.17, 15) is 8.76 Å². The molecule has 1 aromatic rings. The van der Waals surface area contributed by atoms with Crippen LogP contribution in [0, 0.1) is 6.92 Å². The molecular formula is C11H18N3O3S+. The zero-order chi connectivity index (χ0) is 13.2. The molecule has 1 unspecified atom stereocenters. The number of nitrogens with zero attached hydrogens (tertiary/aromatic N) is 3. The minimum absolute atomic E-state index is 0.0632. The number of aromatic nitrogens is 2. The molecule has 0 amide bonds. The van der Waals surface area contributed by atoms with Gasteiger partial charge in [-0.2, -0.15) is 4.55 Å². The summed E-state index contributed by atoms with van der Waals surface area (Å²) in [4.78, 5) is 10.7. The summed E-state index contributed by atoms with van der Waals surface area (Å²) in [5.41, 5.74) is 0.610. The zero-order valence-electron chi connectivity index (χ0n) is 10.6. The number of hydrogen-bond acceptors (Lipinski definition) is 5. The van der Waals surface area contributed by atoms with E-state index in [1.807, 2.05) is 0 Å². The summed E-state index contributed by atoms with van der Waals surface area (Å²) in [7, 11) is -2.82. The van der Waals surface area contributed by atoms with Gasteiger partial charge in [-0.15, -0.1) is 0 Å². The lowest BCUT2D eigenvalue weighted by atomic mass is 10.3. The Morgan fingerprint density at radius 3 is 2.72 bits per heavy atom. The number of rotatable bonds is 3. The van der Waals surface area contributed by atoms with Crippen molar-refractivity contribution in [2.24, 2.45) is 0 Å². The van der Waals surface area contributed by atoms with Crippen LogP contribution in [0.15, 0.2) is 6.07 Å².